The van der Waals surface area contributed by atoms with Crippen LogP contribution in [0.25, 0.3) is 0 Å². The maximum atomic E-state index is 12.0. The maximum Gasteiger partial charge on any atom is 0.225 e. The molecule has 21 heavy (non-hydrogen) atoms. The molecule has 1 amide bonds. The van der Waals surface area contributed by atoms with Crippen molar-refractivity contribution >= 4 is 5.91 Å². The van der Waals surface area contributed by atoms with Gasteiger partial charge in [-0.3, -0.25) is 4.79 Å². The van der Waals surface area contributed by atoms with Gasteiger partial charge in [-0.1, -0.05) is 13.8 Å². The van der Waals surface area contributed by atoms with Gasteiger partial charge in [-0.2, -0.15) is 0 Å². The van der Waals surface area contributed by atoms with Gasteiger partial charge < -0.3 is 15.1 Å². The molecule has 2 fully saturated rings. The minimum atomic E-state index is 0.146. The fourth-order valence-electron chi connectivity index (χ4n) is 3.73. The third-order valence-electron chi connectivity index (χ3n) is 5.14. The van der Waals surface area contributed by atoms with Crippen LogP contribution in [0.4, 0.5) is 0 Å². The van der Waals surface area contributed by atoms with Crippen molar-refractivity contribution in [2.45, 2.75) is 39.5 Å². The molecule has 0 bridgehead atoms. The number of hydrogen-bond donors (Lipinski definition) is 1. The van der Waals surface area contributed by atoms with Gasteiger partial charge in [0.15, 0.2) is 0 Å². The smallest absolute Gasteiger partial charge is 0.225 e. The molecule has 4 nitrogen and oxygen atoms in total. The van der Waals surface area contributed by atoms with Gasteiger partial charge in [0.1, 0.15) is 0 Å². The topological polar surface area (TPSA) is 35.6 Å². The summed E-state index contributed by atoms with van der Waals surface area (Å²) in [6.45, 7) is 10.9. The summed E-state index contributed by atoms with van der Waals surface area (Å²) in [5, 5.41) is 3.30. The van der Waals surface area contributed by atoms with E-state index < -0.39 is 0 Å². The normalized spacial score (nSPS) is 23.0. The van der Waals surface area contributed by atoms with E-state index in [4.69, 9.17) is 0 Å². The molecular formula is C17H33N3O. The lowest BCUT2D eigenvalue weighted by Crippen LogP contribution is -2.44. The van der Waals surface area contributed by atoms with E-state index >= 15 is 0 Å². The third-order valence-corrected chi connectivity index (χ3v) is 5.14. The number of rotatable bonds is 5. The highest BCUT2D eigenvalue weighted by atomic mass is 16.2. The summed E-state index contributed by atoms with van der Waals surface area (Å²) in [6.07, 6.45) is 5.06. The maximum absolute atomic E-state index is 12.0. The number of carbonyl (C=O) groups is 1. The van der Waals surface area contributed by atoms with Crippen LogP contribution in [0.3, 0.4) is 0 Å². The van der Waals surface area contributed by atoms with E-state index in [1.807, 2.05) is 13.8 Å². The average molecular weight is 295 g/mol. The summed E-state index contributed by atoms with van der Waals surface area (Å²) in [7, 11) is 2.05. The van der Waals surface area contributed by atoms with Crippen LogP contribution in [0.5, 0.6) is 0 Å². The number of carbonyl (C=O) groups excluding carboxylic acids is 1. The first-order chi connectivity index (χ1) is 10.1. The van der Waals surface area contributed by atoms with E-state index in [1.165, 1.54) is 51.9 Å². The Morgan fingerprint density at radius 1 is 1.05 bits per heavy atom. The van der Waals surface area contributed by atoms with Crippen molar-refractivity contribution in [3.8, 4) is 0 Å². The molecule has 2 aliphatic rings. The highest BCUT2D eigenvalue weighted by molar-refractivity contribution is 5.78. The van der Waals surface area contributed by atoms with Crippen molar-refractivity contribution in [1.82, 2.24) is 15.1 Å². The first-order valence-electron chi connectivity index (χ1n) is 8.76. The van der Waals surface area contributed by atoms with E-state index in [1.54, 1.807) is 0 Å². The van der Waals surface area contributed by atoms with E-state index in [0.29, 0.717) is 5.91 Å². The van der Waals surface area contributed by atoms with Gasteiger partial charge in [-0.05, 0) is 64.2 Å². The van der Waals surface area contributed by atoms with Gasteiger partial charge in [-0.25, -0.2) is 0 Å². The van der Waals surface area contributed by atoms with Crippen molar-refractivity contribution in [2.24, 2.45) is 17.8 Å². The van der Waals surface area contributed by atoms with Crippen LogP contribution in [-0.2, 0) is 4.79 Å². The Labute approximate surface area is 130 Å². The lowest BCUT2D eigenvalue weighted by atomic mass is 9.92. The van der Waals surface area contributed by atoms with Crippen molar-refractivity contribution < 1.29 is 4.79 Å². The Morgan fingerprint density at radius 3 is 2.14 bits per heavy atom. The second-order valence-corrected chi connectivity index (χ2v) is 7.23. The summed E-state index contributed by atoms with van der Waals surface area (Å²) < 4.78 is 0. The molecule has 0 unspecified atom stereocenters. The van der Waals surface area contributed by atoms with Crippen LogP contribution >= 0.6 is 0 Å². The molecule has 2 rings (SSSR count). The minimum absolute atomic E-state index is 0.146. The van der Waals surface area contributed by atoms with E-state index in [-0.39, 0.29) is 5.92 Å². The predicted octanol–water partition coefficient (Wildman–Crippen LogP) is 1.81. The van der Waals surface area contributed by atoms with Crippen LogP contribution in [0.15, 0.2) is 0 Å². The van der Waals surface area contributed by atoms with Gasteiger partial charge in [0, 0.05) is 25.6 Å². The van der Waals surface area contributed by atoms with Crippen LogP contribution < -0.4 is 5.32 Å². The number of nitrogens with zero attached hydrogens (tertiary/aromatic N) is 2. The number of piperidine rings is 2. The highest BCUT2D eigenvalue weighted by Gasteiger charge is 2.26. The molecular weight excluding hydrogens is 262 g/mol. The summed E-state index contributed by atoms with van der Waals surface area (Å²) in [5.74, 6) is 2.15. The molecule has 0 aromatic rings. The fourth-order valence-corrected chi connectivity index (χ4v) is 3.73. The van der Waals surface area contributed by atoms with Gasteiger partial charge in [0.2, 0.25) is 5.91 Å². The first-order valence-corrected chi connectivity index (χ1v) is 8.76. The second-order valence-electron chi connectivity index (χ2n) is 7.23. The van der Waals surface area contributed by atoms with Crippen molar-refractivity contribution in [1.29, 1.82) is 0 Å². The zero-order valence-electron chi connectivity index (χ0n) is 14.1. The Bertz CT molecular complexity index is 316. The second kappa shape index (κ2) is 8.14. The number of amides is 1. The SMILES string of the molecule is CNCC1CCN(CC2CCN(C(=O)C(C)C)CC2)CC1. The van der Waals surface area contributed by atoms with Crippen LogP contribution in [0, 0.1) is 17.8 Å². The Kier molecular flexibility index (Phi) is 6.49. The van der Waals surface area contributed by atoms with Gasteiger partial charge in [-0.15, -0.1) is 0 Å². The summed E-state index contributed by atoms with van der Waals surface area (Å²) >= 11 is 0. The minimum Gasteiger partial charge on any atom is -0.342 e. The molecule has 122 valence electrons. The Hall–Kier alpha value is -0.610. The molecule has 1 N–H and O–H groups in total. The summed E-state index contributed by atoms with van der Waals surface area (Å²) in [6, 6.07) is 0. The summed E-state index contributed by atoms with van der Waals surface area (Å²) in [4.78, 5) is 16.7. The van der Waals surface area contributed by atoms with Gasteiger partial charge in [0.05, 0.1) is 0 Å². The standard InChI is InChI=1S/C17H33N3O/c1-14(2)17(21)20-10-6-16(7-11-20)13-19-8-4-15(5-9-19)12-18-3/h14-16,18H,4-13H2,1-3H3. The van der Waals surface area contributed by atoms with Crippen molar-refractivity contribution in [2.75, 3.05) is 46.3 Å². The molecule has 0 aromatic heterocycles. The number of hydrogen-bond acceptors (Lipinski definition) is 3. The lowest BCUT2D eigenvalue weighted by Gasteiger charge is -2.38. The molecule has 0 saturated carbocycles. The molecule has 0 atom stereocenters. The predicted molar refractivity (Wildman–Crippen MR) is 87.2 cm³/mol. The fraction of sp³-hybridized carbons (Fsp3) is 0.941. The Morgan fingerprint density at radius 2 is 1.62 bits per heavy atom. The zero-order chi connectivity index (χ0) is 15.2. The monoisotopic (exact) mass is 295 g/mol. The molecule has 0 radical (unpaired) electrons. The molecule has 2 heterocycles. The zero-order valence-corrected chi connectivity index (χ0v) is 14.1. The first kappa shape index (κ1) is 16.8. The van der Waals surface area contributed by atoms with Crippen molar-refractivity contribution in [3.63, 3.8) is 0 Å². The van der Waals surface area contributed by atoms with Gasteiger partial charge in [0.25, 0.3) is 0 Å². The molecule has 0 aliphatic carbocycles. The van der Waals surface area contributed by atoms with E-state index in [0.717, 1.165) is 24.9 Å². The van der Waals surface area contributed by atoms with Gasteiger partial charge >= 0.3 is 0 Å². The average Bonchev–Trinajstić information content (AvgIpc) is 2.49. The highest BCUT2D eigenvalue weighted by Crippen LogP contribution is 2.23. The largest absolute Gasteiger partial charge is 0.342 e. The van der Waals surface area contributed by atoms with Crippen LogP contribution in [0.2, 0.25) is 0 Å². The molecule has 0 spiro atoms. The van der Waals surface area contributed by atoms with Crippen molar-refractivity contribution in [3.05, 3.63) is 0 Å². The third kappa shape index (κ3) is 4.96. The van der Waals surface area contributed by atoms with Crippen LogP contribution in [-0.4, -0.2) is 62.0 Å². The van der Waals surface area contributed by atoms with E-state index in [9.17, 15) is 4.79 Å². The number of nitrogens with one attached hydrogen (secondary N) is 1. The van der Waals surface area contributed by atoms with Crippen LogP contribution in [0.1, 0.15) is 39.5 Å². The number of likely N-dealkylation sites (tertiary alicyclic amines) is 2. The summed E-state index contributed by atoms with van der Waals surface area (Å²) in [5.41, 5.74) is 0. The molecule has 2 aliphatic heterocycles. The molecule has 0 aromatic carbocycles. The Balaban J connectivity index is 1.66. The molecule has 2 saturated heterocycles. The van der Waals surface area contributed by atoms with E-state index in [2.05, 4.69) is 22.2 Å². The lowest BCUT2D eigenvalue weighted by molar-refractivity contribution is -0.135. The quantitative estimate of drug-likeness (QED) is 0.840. The molecule has 4 heteroatoms.